The standard InChI is InChI=1S/C27H27ClN4O3/c1-31-15-20-11-19(31)16-32(20)25(33)12-27(8-9-35-24-7-6-18(28)10-22(24)27)26(34)30-23-14-29-13-17-4-2-3-5-21(17)23/h2-7,10,13-14,19-20H,8-9,11-12,15-16H2,1H3,(H,30,34)/t19-,20-,27-/m0/s1. The molecule has 2 fully saturated rings. The Labute approximate surface area is 209 Å². The largest absolute Gasteiger partial charge is 0.493 e. The molecule has 0 unspecified atom stereocenters. The van der Waals surface area contributed by atoms with Gasteiger partial charge in [0.25, 0.3) is 0 Å². The minimum absolute atomic E-state index is 0.00428. The number of halogens is 1. The van der Waals surface area contributed by atoms with Crippen LogP contribution >= 0.6 is 11.6 Å². The first-order chi connectivity index (χ1) is 16.9. The number of carbonyl (C=O) groups excluding carboxylic acids is 2. The van der Waals surface area contributed by atoms with E-state index in [2.05, 4.69) is 22.2 Å². The zero-order valence-electron chi connectivity index (χ0n) is 19.5. The number of carbonyl (C=O) groups is 2. The van der Waals surface area contributed by atoms with Gasteiger partial charge in [0.2, 0.25) is 11.8 Å². The van der Waals surface area contributed by atoms with Crippen molar-refractivity contribution in [2.24, 2.45) is 0 Å². The number of aromatic nitrogens is 1. The number of rotatable bonds is 4. The highest BCUT2D eigenvalue weighted by Crippen LogP contribution is 2.45. The number of fused-ring (bicyclic) bond motifs is 4. The zero-order chi connectivity index (χ0) is 24.2. The van der Waals surface area contributed by atoms with E-state index < -0.39 is 5.41 Å². The monoisotopic (exact) mass is 490 g/mol. The molecule has 0 aliphatic carbocycles. The van der Waals surface area contributed by atoms with Gasteiger partial charge >= 0.3 is 0 Å². The maximum absolute atomic E-state index is 14.2. The molecule has 2 saturated heterocycles. The predicted molar refractivity (Wildman–Crippen MR) is 135 cm³/mol. The Bertz CT molecular complexity index is 1320. The molecular formula is C27H27ClN4O3. The summed E-state index contributed by atoms with van der Waals surface area (Å²) in [5.74, 6) is 0.365. The van der Waals surface area contributed by atoms with Crippen LogP contribution in [0.25, 0.3) is 10.8 Å². The van der Waals surface area contributed by atoms with Crippen LogP contribution in [-0.4, -0.2) is 65.4 Å². The van der Waals surface area contributed by atoms with Crippen LogP contribution < -0.4 is 10.1 Å². The number of anilines is 1. The van der Waals surface area contributed by atoms with Gasteiger partial charge in [0.05, 0.1) is 23.9 Å². The molecule has 6 rings (SSSR count). The van der Waals surface area contributed by atoms with Crippen molar-refractivity contribution in [1.82, 2.24) is 14.8 Å². The summed E-state index contributed by atoms with van der Waals surface area (Å²) in [6.45, 7) is 1.94. The molecule has 2 bridgehead atoms. The minimum Gasteiger partial charge on any atom is -0.493 e. The lowest BCUT2D eigenvalue weighted by Gasteiger charge is -2.39. The number of pyridine rings is 1. The third-order valence-electron chi connectivity index (χ3n) is 7.88. The van der Waals surface area contributed by atoms with Gasteiger partial charge in [-0.3, -0.25) is 19.5 Å². The molecule has 35 heavy (non-hydrogen) atoms. The summed E-state index contributed by atoms with van der Waals surface area (Å²) >= 11 is 6.38. The van der Waals surface area contributed by atoms with Crippen LogP contribution in [0.1, 0.15) is 24.8 Å². The van der Waals surface area contributed by atoms with Gasteiger partial charge in [0.1, 0.15) is 5.75 Å². The predicted octanol–water partition coefficient (Wildman–Crippen LogP) is 3.85. The van der Waals surface area contributed by atoms with E-state index in [0.717, 1.165) is 23.7 Å². The summed E-state index contributed by atoms with van der Waals surface area (Å²) in [5, 5.41) is 5.45. The van der Waals surface area contributed by atoms with E-state index in [4.69, 9.17) is 16.3 Å². The summed E-state index contributed by atoms with van der Waals surface area (Å²) in [7, 11) is 2.11. The smallest absolute Gasteiger partial charge is 0.235 e. The van der Waals surface area contributed by atoms with Gasteiger partial charge in [-0.25, -0.2) is 0 Å². The first-order valence-electron chi connectivity index (χ1n) is 12.0. The van der Waals surface area contributed by atoms with Gasteiger partial charge in [-0.2, -0.15) is 0 Å². The van der Waals surface area contributed by atoms with Crippen LogP contribution in [0.5, 0.6) is 5.75 Å². The number of hydrogen-bond donors (Lipinski definition) is 1. The van der Waals surface area contributed by atoms with E-state index in [1.807, 2.05) is 29.2 Å². The molecule has 3 aliphatic heterocycles. The maximum atomic E-state index is 14.2. The zero-order valence-corrected chi connectivity index (χ0v) is 20.3. The van der Waals surface area contributed by atoms with Gasteiger partial charge in [-0.15, -0.1) is 0 Å². The summed E-state index contributed by atoms with van der Waals surface area (Å²) in [6, 6.07) is 13.7. The van der Waals surface area contributed by atoms with Crippen molar-refractivity contribution in [3.63, 3.8) is 0 Å². The third kappa shape index (κ3) is 3.74. The first-order valence-corrected chi connectivity index (χ1v) is 12.4. The number of ether oxygens (including phenoxy) is 1. The molecule has 3 aromatic rings. The SMILES string of the molecule is CN1C[C@@H]2C[C@H]1CN2C(=O)C[C@@]1(C(=O)Nc2cncc3ccccc23)CCOc2ccc(Cl)cc21. The topological polar surface area (TPSA) is 74.8 Å². The molecule has 4 heterocycles. The number of piperazine rings is 1. The van der Waals surface area contributed by atoms with Crippen molar-refractivity contribution < 1.29 is 14.3 Å². The molecule has 180 valence electrons. The molecule has 3 aliphatic rings. The molecule has 2 aromatic carbocycles. The lowest BCUT2D eigenvalue weighted by atomic mass is 9.72. The summed E-state index contributed by atoms with van der Waals surface area (Å²) < 4.78 is 5.89. The van der Waals surface area contributed by atoms with Crippen LogP contribution in [0, 0.1) is 0 Å². The Morgan fingerprint density at radius 2 is 2.03 bits per heavy atom. The van der Waals surface area contributed by atoms with E-state index in [1.54, 1.807) is 30.6 Å². The Morgan fingerprint density at radius 3 is 2.83 bits per heavy atom. The summed E-state index contributed by atoms with van der Waals surface area (Å²) in [5.41, 5.74) is 0.189. The summed E-state index contributed by atoms with van der Waals surface area (Å²) in [6.07, 6.45) is 4.88. The average Bonchev–Trinajstić information content (AvgIpc) is 3.44. The van der Waals surface area contributed by atoms with Crippen molar-refractivity contribution in [2.75, 3.05) is 32.1 Å². The normalized spacial score (nSPS) is 25.4. The number of amides is 2. The Balaban J connectivity index is 1.38. The van der Waals surface area contributed by atoms with Crippen molar-refractivity contribution in [2.45, 2.75) is 36.8 Å². The number of nitrogens with zero attached hydrogens (tertiary/aromatic N) is 3. The molecule has 3 atom stereocenters. The van der Waals surface area contributed by atoms with Gasteiger partial charge in [-0.1, -0.05) is 35.9 Å². The van der Waals surface area contributed by atoms with Gasteiger partial charge in [0, 0.05) is 65.6 Å². The molecule has 1 aromatic heterocycles. The highest BCUT2D eigenvalue weighted by molar-refractivity contribution is 6.30. The lowest BCUT2D eigenvalue weighted by molar-refractivity contribution is -0.138. The number of benzene rings is 2. The molecule has 0 spiro atoms. The Morgan fingerprint density at radius 1 is 1.17 bits per heavy atom. The number of hydrogen-bond acceptors (Lipinski definition) is 5. The second-order valence-corrected chi connectivity index (χ2v) is 10.3. The van der Waals surface area contributed by atoms with Crippen molar-refractivity contribution in [3.05, 3.63) is 65.4 Å². The fourth-order valence-corrected chi connectivity index (χ4v) is 6.13. The van der Waals surface area contributed by atoms with Crippen LogP contribution in [0.15, 0.2) is 54.9 Å². The molecule has 7 nitrogen and oxygen atoms in total. The third-order valence-corrected chi connectivity index (χ3v) is 8.12. The van der Waals surface area contributed by atoms with E-state index in [1.165, 1.54) is 0 Å². The fraction of sp³-hybridized carbons (Fsp3) is 0.370. The highest BCUT2D eigenvalue weighted by Gasteiger charge is 2.50. The molecular weight excluding hydrogens is 464 g/mol. The average molecular weight is 491 g/mol. The Kier molecular flexibility index (Phi) is 5.42. The quantitative estimate of drug-likeness (QED) is 0.601. The van der Waals surface area contributed by atoms with Crippen molar-refractivity contribution in [1.29, 1.82) is 0 Å². The molecule has 8 heteroatoms. The minimum atomic E-state index is -1.10. The second-order valence-electron chi connectivity index (χ2n) is 9.89. The van der Waals surface area contributed by atoms with Crippen molar-refractivity contribution in [3.8, 4) is 5.75 Å². The number of likely N-dealkylation sites (N-methyl/N-ethyl adjacent to an activating group) is 1. The van der Waals surface area contributed by atoms with Crippen LogP contribution in [0.2, 0.25) is 5.02 Å². The second kappa shape index (κ2) is 8.50. The van der Waals surface area contributed by atoms with Crippen LogP contribution in [0.4, 0.5) is 5.69 Å². The molecule has 2 amide bonds. The van der Waals surface area contributed by atoms with E-state index in [9.17, 15) is 9.59 Å². The Hall–Kier alpha value is -3.16. The van der Waals surface area contributed by atoms with Crippen LogP contribution in [0.3, 0.4) is 0 Å². The first kappa shape index (κ1) is 22.3. The molecule has 0 saturated carbocycles. The van der Waals surface area contributed by atoms with E-state index in [0.29, 0.717) is 47.6 Å². The van der Waals surface area contributed by atoms with Crippen molar-refractivity contribution >= 4 is 39.9 Å². The highest BCUT2D eigenvalue weighted by atomic mass is 35.5. The van der Waals surface area contributed by atoms with Gasteiger partial charge in [-0.05, 0) is 31.7 Å². The number of nitrogens with one attached hydrogen (secondary N) is 1. The lowest BCUT2D eigenvalue weighted by Crippen LogP contribution is -2.52. The van der Waals surface area contributed by atoms with E-state index >= 15 is 0 Å². The van der Waals surface area contributed by atoms with Gasteiger partial charge in [0.15, 0.2) is 0 Å². The maximum Gasteiger partial charge on any atom is 0.235 e. The van der Waals surface area contributed by atoms with Gasteiger partial charge < -0.3 is 15.0 Å². The molecule has 1 N–H and O–H groups in total. The fourth-order valence-electron chi connectivity index (χ4n) is 5.96. The van der Waals surface area contributed by atoms with E-state index in [-0.39, 0.29) is 24.3 Å². The van der Waals surface area contributed by atoms with Crippen LogP contribution in [-0.2, 0) is 15.0 Å². The summed E-state index contributed by atoms with van der Waals surface area (Å²) in [4.78, 5) is 36.5. The number of likely N-dealkylation sites (tertiary alicyclic amines) is 2. The molecule has 0 radical (unpaired) electrons.